The third kappa shape index (κ3) is 4.47. The predicted octanol–water partition coefficient (Wildman–Crippen LogP) is 2.29. The van der Waals surface area contributed by atoms with Crippen LogP contribution in [0.2, 0.25) is 0 Å². The van der Waals surface area contributed by atoms with Crippen LogP contribution >= 0.6 is 0 Å². The van der Waals surface area contributed by atoms with Gasteiger partial charge in [0.15, 0.2) is 0 Å². The Balaban J connectivity index is 1.18. The molecule has 180 valence electrons. The van der Waals surface area contributed by atoms with E-state index in [9.17, 15) is 24.6 Å². The second kappa shape index (κ2) is 9.22. The lowest BCUT2D eigenvalue weighted by Gasteiger charge is -2.20. The molecule has 3 N–H and O–H groups in total. The summed E-state index contributed by atoms with van der Waals surface area (Å²) in [5.74, 6) is -1.70. The molecule has 10 heteroatoms. The number of likely N-dealkylation sites (tertiary alicyclic amines) is 1. The van der Waals surface area contributed by atoms with Crippen LogP contribution in [0.15, 0.2) is 60.9 Å². The van der Waals surface area contributed by atoms with Crippen molar-refractivity contribution >= 4 is 23.7 Å². The van der Waals surface area contributed by atoms with Crippen molar-refractivity contribution in [3.63, 3.8) is 0 Å². The molecule has 0 saturated carbocycles. The fourth-order valence-corrected chi connectivity index (χ4v) is 4.82. The minimum atomic E-state index is -1.16. The highest BCUT2D eigenvalue weighted by Gasteiger charge is 2.38. The molecular formula is C25H24N4O6. The smallest absolute Gasteiger partial charge is 0.411 e. The van der Waals surface area contributed by atoms with Crippen LogP contribution in [0.3, 0.4) is 0 Å². The van der Waals surface area contributed by atoms with E-state index < -0.39 is 30.1 Å². The van der Waals surface area contributed by atoms with Crippen LogP contribution in [-0.2, 0) is 20.9 Å². The van der Waals surface area contributed by atoms with Gasteiger partial charge in [-0.25, -0.2) is 9.59 Å². The lowest BCUT2D eigenvalue weighted by molar-refractivity contribution is -0.148. The molecule has 2 atom stereocenters. The first-order chi connectivity index (χ1) is 16.9. The summed E-state index contributed by atoms with van der Waals surface area (Å²) >= 11 is 0. The van der Waals surface area contributed by atoms with Gasteiger partial charge in [0.05, 0.1) is 18.0 Å². The van der Waals surface area contributed by atoms with Gasteiger partial charge in [0, 0.05) is 25.1 Å². The average molecular weight is 476 g/mol. The number of anilines is 1. The van der Waals surface area contributed by atoms with Gasteiger partial charge >= 0.3 is 12.1 Å². The highest BCUT2D eigenvalue weighted by Crippen LogP contribution is 2.44. The van der Waals surface area contributed by atoms with E-state index in [0.717, 1.165) is 27.2 Å². The Morgan fingerprint density at radius 3 is 2.37 bits per heavy atom. The van der Waals surface area contributed by atoms with Crippen LogP contribution in [0, 0.1) is 0 Å². The van der Waals surface area contributed by atoms with Crippen LogP contribution in [0.25, 0.3) is 11.1 Å². The van der Waals surface area contributed by atoms with Crippen LogP contribution in [0.5, 0.6) is 0 Å². The van der Waals surface area contributed by atoms with Crippen molar-refractivity contribution in [3.8, 4) is 11.1 Å². The maximum atomic E-state index is 12.5. The lowest BCUT2D eigenvalue weighted by atomic mass is 9.98. The number of benzene rings is 2. The van der Waals surface area contributed by atoms with E-state index in [1.54, 1.807) is 0 Å². The zero-order valence-corrected chi connectivity index (χ0v) is 18.7. The largest absolute Gasteiger partial charge is 0.480 e. The quantitative estimate of drug-likeness (QED) is 0.497. The topological polar surface area (TPSA) is 134 Å². The van der Waals surface area contributed by atoms with Crippen molar-refractivity contribution < 1.29 is 29.3 Å². The van der Waals surface area contributed by atoms with E-state index in [2.05, 4.69) is 22.5 Å². The van der Waals surface area contributed by atoms with Gasteiger partial charge in [-0.1, -0.05) is 48.5 Å². The Labute approximate surface area is 200 Å². The summed E-state index contributed by atoms with van der Waals surface area (Å²) in [5, 5.41) is 25.7. The van der Waals surface area contributed by atoms with Crippen molar-refractivity contribution in [1.29, 1.82) is 0 Å². The normalized spacial score (nSPS) is 18.7. The molecule has 3 aromatic rings. The van der Waals surface area contributed by atoms with Crippen molar-refractivity contribution in [2.45, 2.75) is 31.0 Å². The molecule has 1 aromatic heterocycles. The van der Waals surface area contributed by atoms with Crippen molar-refractivity contribution in [2.75, 3.05) is 18.5 Å². The summed E-state index contributed by atoms with van der Waals surface area (Å²) in [7, 11) is 0. The van der Waals surface area contributed by atoms with Gasteiger partial charge < -0.3 is 19.8 Å². The Bertz CT molecular complexity index is 1240. The number of amides is 2. The minimum absolute atomic E-state index is 0.00519. The second-order valence-corrected chi connectivity index (χ2v) is 8.67. The first kappa shape index (κ1) is 22.6. The number of hydrogen-bond donors (Lipinski definition) is 3. The predicted molar refractivity (Wildman–Crippen MR) is 125 cm³/mol. The lowest BCUT2D eigenvalue weighted by Crippen LogP contribution is -2.42. The van der Waals surface area contributed by atoms with Gasteiger partial charge in [-0.2, -0.15) is 5.10 Å². The van der Waals surface area contributed by atoms with E-state index in [4.69, 9.17) is 4.74 Å². The summed E-state index contributed by atoms with van der Waals surface area (Å²) < 4.78 is 6.81. The highest BCUT2D eigenvalue weighted by molar-refractivity contribution is 5.86. The molecule has 1 aliphatic heterocycles. The molecule has 0 radical (unpaired) electrons. The van der Waals surface area contributed by atoms with Crippen LogP contribution in [0.4, 0.5) is 10.5 Å². The third-order valence-corrected chi connectivity index (χ3v) is 6.40. The number of rotatable bonds is 6. The molecule has 10 nitrogen and oxygen atoms in total. The Morgan fingerprint density at radius 2 is 1.71 bits per heavy atom. The van der Waals surface area contributed by atoms with E-state index in [1.165, 1.54) is 17.1 Å². The minimum Gasteiger partial charge on any atom is -0.480 e. The second-order valence-electron chi connectivity index (χ2n) is 8.67. The van der Waals surface area contributed by atoms with Gasteiger partial charge in [-0.05, 0) is 22.3 Å². The number of carboxylic acid groups (broad SMARTS) is 1. The SMILES string of the molecule is O=C(Nc1cnn(CC(=O)N2CC(O)CC2C(=O)O)c1)OCC1c2ccccc2-c2ccccc21. The molecule has 2 heterocycles. The summed E-state index contributed by atoms with van der Waals surface area (Å²) in [4.78, 5) is 37.5. The van der Waals surface area contributed by atoms with Gasteiger partial charge in [0.2, 0.25) is 5.91 Å². The molecule has 1 fully saturated rings. The number of nitrogens with one attached hydrogen (secondary N) is 1. The van der Waals surface area contributed by atoms with Crippen LogP contribution in [0.1, 0.15) is 23.5 Å². The molecule has 2 unspecified atom stereocenters. The van der Waals surface area contributed by atoms with Gasteiger partial charge in [0.1, 0.15) is 19.2 Å². The van der Waals surface area contributed by atoms with E-state index >= 15 is 0 Å². The number of aromatic nitrogens is 2. The number of nitrogens with zero attached hydrogens (tertiary/aromatic N) is 3. The number of aliphatic carboxylic acids is 1. The fraction of sp³-hybridized carbons (Fsp3) is 0.280. The zero-order chi connectivity index (χ0) is 24.5. The molecule has 1 aliphatic carbocycles. The molecule has 1 saturated heterocycles. The summed E-state index contributed by atoms with van der Waals surface area (Å²) in [6.45, 7) is -0.0921. The number of hydrogen-bond acceptors (Lipinski definition) is 6. The summed E-state index contributed by atoms with van der Waals surface area (Å²) in [6.07, 6.45) is 1.31. The van der Waals surface area contributed by atoms with E-state index in [-0.39, 0.29) is 32.0 Å². The number of aliphatic hydroxyl groups is 1. The maximum absolute atomic E-state index is 12.5. The Kier molecular flexibility index (Phi) is 5.96. The van der Waals surface area contributed by atoms with Crippen molar-refractivity contribution in [1.82, 2.24) is 14.7 Å². The molecule has 0 bridgehead atoms. The Hall–Kier alpha value is -4.18. The first-order valence-electron chi connectivity index (χ1n) is 11.3. The summed E-state index contributed by atoms with van der Waals surface area (Å²) in [6, 6.07) is 15.0. The maximum Gasteiger partial charge on any atom is 0.411 e. The summed E-state index contributed by atoms with van der Waals surface area (Å²) in [5.41, 5.74) is 4.84. The molecule has 2 aliphatic rings. The molecule has 0 spiro atoms. The van der Waals surface area contributed by atoms with Gasteiger partial charge in [-0.15, -0.1) is 0 Å². The number of carboxylic acids is 1. The van der Waals surface area contributed by atoms with Crippen LogP contribution in [-0.4, -0.2) is 68.2 Å². The molecular weight excluding hydrogens is 452 g/mol. The fourth-order valence-electron chi connectivity index (χ4n) is 4.82. The van der Waals surface area contributed by atoms with Crippen LogP contribution < -0.4 is 5.32 Å². The Morgan fingerprint density at radius 1 is 1.06 bits per heavy atom. The van der Waals surface area contributed by atoms with E-state index in [0.29, 0.717) is 5.69 Å². The zero-order valence-electron chi connectivity index (χ0n) is 18.7. The molecule has 2 aromatic carbocycles. The number of aliphatic hydroxyl groups excluding tert-OH is 1. The van der Waals surface area contributed by atoms with Crippen molar-refractivity contribution in [3.05, 3.63) is 72.1 Å². The number of carbonyl (C=O) groups excluding carboxylic acids is 2. The average Bonchev–Trinajstić information content (AvgIpc) is 3.53. The molecule has 2 amide bonds. The van der Waals surface area contributed by atoms with Gasteiger partial charge in [0.25, 0.3) is 0 Å². The standard InChI is InChI=1S/C25H24N4O6/c30-16-9-22(24(32)33)29(12-16)23(31)13-28-11-15(10-26-28)27-25(34)35-14-21-19-7-3-1-5-17(19)18-6-2-4-8-20(18)21/h1-8,10-11,16,21-22,30H,9,12-14H2,(H,27,34)(H,32,33). The molecule has 35 heavy (non-hydrogen) atoms. The van der Waals surface area contributed by atoms with E-state index in [1.807, 2.05) is 36.4 Å². The first-order valence-corrected chi connectivity index (χ1v) is 11.3. The highest BCUT2D eigenvalue weighted by atomic mass is 16.5. The number of ether oxygens (including phenoxy) is 1. The third-order valence-electron chi connectivity index (χ3n) is 6.40. The molecule has 5 rings (SSSR count). The van der Waals surface area contributed by atoms with Crippen molar-refractivity contribution in [2.24, 2.45) is 0 Å². The number of β-amino-alcohol motifs (C(OH)–C–C–N with tert-alkyl or cyclic N) is 1. The number of fused-ring (bicyclic) bond motifs is 3. The van der Waals surface area contributed by atoms with Gasteiger partial charge in [-0.3, -0.25) is 14.8 Å². The monoisotopic (exact) mass is 476 g/mol. The number of carbonyl (C=O) groups is 3.